The molecule has 1 aromatic rings. The van der Waals surface area contributed by atoms with Gasteiger partial charge < -0.3 is 10.2 Å². The van der Waals surface area contributed by atoms with Crippen molar-refractivity contribution in [2.75, 3.05) is 39.3 Å². The molecule has 1 amide bonds. The van der Waals surface area contributed by atoms with E-state index in [0.717, 1.165) is 32.6 Å². The summed E-state index contributed by atoms with van der Waals surface area (Å²) in [6.45, 7) is 5.07. The van der Waals surface area contributed by atoms with Crippen LogP contribution in [0.1, 0.15) is 16.8 Å². The summed E-state index contributed by atoms with van der Waals surface area (Å²) in [6, 6.07) is 5.14. The molecule has 4 nitrogen and oxygen atoms in total. The lowest BCUT2D eigenvalue weighted by Gasteiger charge is -2.37. The van der Waals surface area contributed by atoms with Crippen molar-refractivity contribution >= 4 is 17.5 Å². The Labute approximate surface area is 128 Å². The number of hydrogen-bond acceptors (Lipinski definition) is 3. The second-order valence-electron chi connectivity index (χ2n) is 5.58. The van der Waals surface area contributed by atoms with Crippen LogP contribution in [0.2, 0.25) is 5.02 Å². The van der Waals surface area contributed by atoms with E-state index in [1.807, 2.05) is 0 Å². The first kappa shape index (κ1) is 14.8. The van der Waals surface area contributed by atoms with Crippen molar-refractivity contribution in [3.63, 3.8) is 0 Å². The Kier molecular flexibility index (Phi) is 4.42. The Balaban J connectivity index is 1.63. The minimum absolute atomic E-state index is 0.00323. The lowest BCUT2D eigenvalue weighted by molar-refractivity contribution is 0.0579. The zero-order valence-corrected chi connectivity index (χ0v) is 12.6. The Morgan fingerprint density at radius 3 is 2.71 bits per heavy atom. The lowest BCUT2D eigenvalue weighted by atomic mass is 10.1. The minimum Gasteiger partial charge on any atom is -0.336 e. The molecule has 114 valence electrons. The molecule has 0 aromatic heterocycles. The number of rotatable bonds is 2. The van der Waals surface area contributed by atoms with E-state index in [4.69, 9.17) is 11.6 Å². The molecule has 1 unspecified atom stereocenters. The summed E-state index contributed by atoms with van der Waals surface area (Å²) in [7, 11) is 0. The smallest absolute Gasteiger partial charge is 0.256 e. The van der Waals surface area contributed by atoms with Crippen LogP contribution in [0.3, 0.4) is 0 Å². The number of carbonyl (C=O) groups is 1. The van der Waals surface area contributed by atoms with Gasteiger partial charge in [-0.2, -0.15) is 0 Å². The molecule has 2 heterocycles. The van der Waals surface area contributed by atoms with Crippen LogP contribution < -0.4 is 5.32 Å². The Morgan fingerprint density at radius 2 is 2.05 bits per heavy atom. The number of benzene rings is 1. The van der Waals surface area contributed by atoms with E-state index in [-0.39, 0.29) is 16.5 Å². The van der Waals surface area contributed by atoms with Crippen molar-refractivity contribution in [1.29, 1.82) is 0 Å². The summed E-state index contributed by atoms with van der Waals surface area (Å²) in [6.07, 6.45) is 1.16. The van der Waals surface area contributed by atoms with Gasteiger partial charge in [-0.15, -0.1) is 0 Å². The second-order valence-corrected chi connectivity index (χ2v) is 5.98. The van der Waals surface area contributed by atoms with Gasteiger partial charge in [0.05, 0.1) is 10.6 Å². The highest BCUT2D eigenvalue weighted by Crippen LogP contribution is 2.20. The van der Waals surface area contributed by atoms with Crippen molar-refractivity contribution < 1.29 is 9.18 Å². The van der Waals surface area contributed by atoms with Crippen molar-refractivity contribution in [3.8, 4) is 0 Å². The molecular formula is C15H19ClFN3O. The highest BCUT2D eigenvalue weighted by atomic mass is 35.5. The standard InChI is InChI=1S/C15H19ClFN3O/c16-13-3-1-2-12(14(13)17)15(21)20-8-6-19(7-9-20)11-4-5-18-10-11/h1-3,11,18H,4-10H2. The van der Waals surface area contributed by atoms with E-state index < -0.39 is 5.82 Å². The highest BCUT2D eigenvalue weighted by Gasteiger charge is 2.29. The van der Waals surface area contributed by atoms with Crippen LogP contribution in [-0.2, 0) is 0 Å². The molecule has 3 rings (SSSR count). The van der Waals surface area contributed by atoms with Crippen molar-refractivity contribution in [2.24, 2.45) is 0 Å². The maximum atomic E-state index is 13.9. The van der Waals surface area contributed by atoms with E-state index in [1.54, 1.807) is 11.0 Å². The van der Waals surface area contributed by atoms with Gasteiger partial charge in [-0.25, -0.2) is 4.39 Å². The summed E-state index contributed by atoms with van der Waals surface area (Å²) < 4.78 is 13.9. The molecule has 2 aliphatic heterocycles. The van der Waals surface area contributed by atoms with E-state index in [1.165, 1.54) is 12.1 Å². The topological polar surface area (TPSA) is 35.6 Å². The third-order valence-corrected chi connectivity index (χ3v) is 4.63. The normalized spacial score (nSPS) is 23.5. The molecule has 0 aliphatic carbocycles. The Bertz CT molecular complexity index is 526. The molecule has 0 saturated carbocycles. The maximum absolute atomic E-state index is 13.9. The third-order valence-electron chi connectivity index (χ3n) is 4.33. The first-order valence-electron chi connectivity index (χ1n) is 7.35. The molecule has 21 heavy (non-hydrogen) atoms. The number of hydrogen-bond donors (Lipinski definition) is 1. The molecular weight excluding hydrogens is 293 g/mol. The summed E-state index contributed by atoms with van der Waals surface area (Å²) in [5.41, 5.74) is 0.0680. The number of piperazine rings is 1. The van der Waals surface area contributed by atoms with Crippen LogP contribution in [0.25, 0.3) is 0 Å². The fraction of sp³-hybridized carbons (Fsp3) is 0.533. The van der Waals surface area contributed by atoms with Crippen molar-refractivity contribution in [3.05, 3.63) is 34.6 Å². The van der Waals surface area contributed by atoms with E-state index in [2.05, 4.69) is 10.2 Å². The predicted octanol–water partition coefficient (Wildman–Crippen LogP) is 1.60. The molecule has 0 bridgehead atoms. The third kappa shape index (κ3) is 3.05. The molecule has 0 spiro atoms. The fourth-order valence-electron chi connectivity index (χ4n) is 3.08. The second kappa shape index (κ2) is 6.30. The van der Waals surface area contributed by atoms with Crippen LogP contribution in [0.15, 0.2) is 18.2 Å². The minimum atomic E-state index is -0.619. The summed E-state index contributed by atoms with van der Waals surface area (Å²) in [4.78, 5) is 16.5. The van der Waals surface area contributed by atoms with Gasteiger partial charge in [-0.3, -0.25) is 9.69 Å². The van der Waals surface area contributed by atoms with E-state index in [0.29, 0.717) is 19.1 Å². The fourth-order valence-corrected chi connectivity index (χ4v) is 3.26. The van der Waals surface area contributed by atoms with Gasteiger partial charge in [0.1, 0.15) is 0 Å². The van der Waals surface area contributed by atoms with Gasteiger partial charge in [-0.1, -0.05) is 17.7 Å². The average molecular weight is 312 g/mol. The van der Waals surface area contributed by atoms with Gasteiger partial charge in [0, 0.05) is 38.8 Å². The molecule has 6 heteroatoms. The zero-order chi connectivity index (χ0) is 14.8. The van der Waals surface area contributed by atoms with Crippen molar-refractivity contribution in [1.82, 2.24) is 15.1 Å². The van der Waals surface area contributed by atoms with E-state index in [9.17, 15) is 9.18 Å². The molecule has 1 aromatic carbocycles. The number of amides is 1. The number of carbonyl (C=O) groups excluding carboxylic acids is 1. The van der Waals surface area contributed by atoms with Gasteiger partial charge in [0.15, 0.2) is 5.82 Å². The number of nitrogens with one attached hydrogen (secondary N) is 1. The van der Waals surface area contributed by atoms with Gasteiger partial charge in [-0.05, 0) is 25.1 Å². The van der Waals surface area contributed by atoms with Gasteiger partial charge >= 0.3 is 0 Å². The molecule has 1 atom stereocenters. The average Bonchev–Trinajstić information content (AvgIpc) is 3.04. The Hall–Kier alpha value is -1.17. The van der Waals surface area contributed by atoms with Crippen LogP contribution >= 0.6 is 11.6 Å². The molecule has 2 aliphatic rings. The van der Waals surface area contributed by atoms with E-state index >= 15 is 0 Å². The first-order chi connectivity index (χ1) is 10.2. The SMILES string of the molecule is O=C(c1cccc(Cl)c1F)N1CCN(C2CCNC2)CC1. The van der Waals surface area contributed by atoms with Gasteiger partial charge in [0.25, 0.3) is 5.91 Å². The quantitative estimate of drug-likeness (QED) is 0.901. The van der Waals surface area contributed by atoms with Crippen LogP contribution in [0.4, 0.5) is 4.39 Å². The maximum Gasteiger partial charge on any atom is 0.256 e. The predicted molar refractivity (Wildman–Crippen MR) is 80.2 cm³/mol. The number of nitrogens with zero attached hydrogens (tertiary/aromatic N) is 2. The largest absolute Gasteiger partial charge is 0.336 e. The van der Waals surface area contributed by atoms with Gasteiger partial charge in [0.2, 0.25) is 0 Å². The summed E-state index contributed by atoms with van der Waals surface area (Å²) in [5, 5.41) is 3.35. The summed E-state index contributed by atoms with van der Waals surface area (Å²) >= 11 is 5.75. The first-order valence-corrected chi connectivity index (χ1v) is 7.72. The Morgan fingerprint density at radius 1 is 1.29 bits per heavy atom. The van der Waals surface area contributed by atoms with Crippen LogP contribution in [0, 0.1) is 5.82 Å². The number of halogens is 2. The molecule has 0 radical (unpaired) electrons. The summed E-state index contributed by atoms with van der Waals surface area (Å²) in [5.74, 6) is -0.884. The van der Waals surface area contributed by atoms with Crippen molar-refractivity contribution in [2.45, 2.75) is 12.5 Å². The molecule has 1 N–H and O–H groups in total. The zero-order valence-electron chi connectivity index (χ0n) is 11.8. The molecule has 2 fully saturated rings. The highest BCUT2D eigenvalue weighted by molar-refractivity contribution is 6.31. The molecule has 2 saturated heterocycles. The van der Waals surface area contributed by atoms with Crippen LogP contribution in [-0.4, -0.2) is 61.0 Å². The van der Waals surface area contributed by atoms with Crippen LogP contribution in [0.5, 0.6) is 0 Å². The lowest BCUT2D eigenvalue weighted by Crippen LogP contribution is -2.52. The monoisotopic (exact) mass is 311 g/mol.